The molecule has 2 nitrogen and oxygen atoms in total. The minimum Gasteiger partial charge on any atom is -0.309 e. The van der Waals surface area contributed by atoms with E-state index in [-0.39, 0.29) is 0 Å². The van der Waals surface area contributed by atoms with E-state index in [2.05, 4.69) is 240 Å². The zero-order valence-corrected chi connectivity index (χ0v) is 31.8. The van der Waals surface area contributed by atoms with Crippen LogP contribution in [0.3, 0.4) is 0 Å². The summed E-state index contributed by atoms with van der Waals surface area (Å²) >= 11 is 0. The number of hydrogen-bond donors (Lipinski definition) is 0. The van der Waals surface area contributed by atoms with E-state index in [1.165, 1.54) is 71.2 Å². The highest BCUT2D eigenvalue weighted by Crippen LogP contribution is 2.47. The number of rotatable bonds is 7. The van der Waals surface area contributed by atoms with E-state index in [0.29, 0.717) is 0 Å². The monoisotopic (exact) mass is 738 g/mol. The van der Waals surface area contributed by atoms with Gasteiger partial charge < -0.3 is 9.47 Å². The Kier molecular flexibility index (Phi) is 8.19. The fourth-order valence-corrected chi connectivity index (χ4v) is 8.93. The minimum atomic E-state index is 1.08. The first-order valence-corrected chi connectivity index (χ1v) is 19.9. The van der Waals surface area contributed by atoms with E-state index in [1.54, 1.807) is 0 Å². The van der Waals surface area contributed by atoms with Crippen LogP contribution in [0.15, 0.2) is 231 Å². The maximum absolute atomic E-state index is 2.47. The lowest BCUT2D eigenvalue weighted by Gasteiger charge is -2.29. The molecule has 0 aliphatic carbocycles. The number of aromatic nitrogens is 1. The topological polar surface area (TPSA) is 8.17 Å². The summed E-state index contributed by atoms with van der Waals surface area (Å²) in [4.78, 5) is 2.47. The van der Waals surface area contributed by atoms with E-state index < -0.39 is 0 Å². The first-order valence-electron chi connectivity index (χ1n) is 19.9. The number of benzene rings is 10. The standard InChI is InChI=1S/C56H38N2/c1-4-18-40(19-5-1)46-35-36-53(50-27-13-12-26-49(46)50)58(52-29-15-14-25-47(52)41-20-6-2-7-21-41)45-33-34-51-55(38-45)57(44-23-8-3-9-24-44)54-30-16-28-48(56(51)54)43-32-31-39-17-10-11-22-42(39)37-43/h1-38H. The molecule has 2 heteroatoms. The van der Waals surface area contributed by atoms with Crippen molar-refractivity contribution in [3.05, 3.63) is 231 Å². The Labute approximate surface area is 338 Å². The van der Waals surface area contributed by atoms with Crippen LogP contribution in [-0.2, 0) is 0 Å². The molecular weight excluding hydrogens is 701 g/mol. The van der Waals surface area contributed by atoms with Crippen LogP contribution >= 0.6 is 0 Å². The molecule has 0 aliphatic rings. The molecule has 0 spiro atoms. The zero-order chi connectivity index (χ0) is 38.4. The molecule has 0 bridgehead atoms. The van der Waals surface area contributed by atoms with Crippen molar-refractivity contribution >= 4 is 60.4 Å². The van der Waals surface area contributed by atoms with Crippen LogP contribution in [0.1, 0.15) is 0 Å². The van der Waals surface area contributed by atoms with Gasteiger partial charge in [-0.05, 0) is 92.5 Å². The molecule has 0 amide bonds. The average molecular weight is 739 g/mol. The molecule has 0 fully saturated rings. The predicted molar refractivity (Wildman–Crippen MR) is 247 cm³/mol. The van der Waals surface area contributed by atoms with Crippen molar-refractivity contribution in [1.29, 1.82) is 0 Å². The van der Waals surface area contributed by atoms with Crippen LogP contribution in [0.5, 0.6) is 0 Å². The third-order valence-electron chi connectivity index (χ3n) is 11.6. The third-order valence-corrected chi connectivity index (χ3v) is 11.6. The Hall–Kier alpha value is -7.68. The largest absolute Gasteiger partial charge is 0.309 e. The Morgan fingerprint density at radius 2 is 0.948 bits per heavy atom. The van der Waals surface area contributed by atoms with Gasteiger partial charge >= 0.3 is 0 Å². The van der Waals surface area contributed by atoms with Crippen molar-refractivity contribution < 1.29 is 0 Å². The molecule has 0 radical (unpaired) electrons. The molecule has 11 aromatic rings. The van der Waals surface area contributed by atoms with Crippen molar-refractivity contribution in [2.24, 2.45) is 0 Å². The van der Waals surface area contributed by atoms with Crippen LogP contribution in [0.25, 0.3) is 82.4 Å². The van der Waals surface area contributed by atoms with Crippen molar-refractivity contribution in [2.75, 3.05) is 4.90 Å². The summed E-state index contributed by atoms with van der Waals surface area (Å²) in [7, 11) is 0. The zero-order valence-electron chi connectivity index (χ0n) is 31.8. The average Bonchev–Trinajstić information content (AvgIpc) is 3.64. The molecule has 0 saturated carbocycles. The van der Waals surface area contributed by atoms with E-state index >= 15 is 0 Å². The van der Waals surface area contributed by atoms with Gasteiger partial charge in [0.25, 0.3) is 0 Å². The number of para-hydroxylation sites is 2. The summed E-state index contributed by atoms with van der Waals surface area (Å²) in [6.07, 6.45) is 0. The Bertz CT molecular complexity index is 3270. The van der Waals surface area contributed by atoms with E-state index in [9.17, 15) is 0 Å². The van der Waals surface area contributed by atoms with Gasteiger partial charge in [-0.2, -0.15) is 0 Å². The molecular formula is C56H38N2. The molecule has 58 heavy (non-hydrogen) atoms. The highest BCUT2D eigenvalue weighted by atomic mass is 15.1. The summed E-state index contributed by atoms with van der Waals surface area (Å²) in [5.41, 5.74) is 14.0. The van der Waals surface area contributed by atoms with Crippen LogP contribution in [0.2, 0.25) is 0 Å². The molecule has 11 rings (SSSR count). The van der Waals surface area contributed by atoms with Crippen molar-refractivity contribution in [2.45, 2.75) is 0 Å². The second kappa shape index (κ2) is 14.1. The fourth-order valence-electron chi connectivity index (χ4n) is 8.93. The van der Waals surface area contributed by atoms with Gasteiger partial charge in [0.1, 0.15) is 0 Å². The summed E-state index contributed by atoms with van der Waals surface area (Å²) in [6, 6.07) is 83.8. The number of nitrogens with zero attached hydrogens (tertiary/aromatic N) is 2. The molecule has 0 N–H and O–H groups in total. The molecule has 0 atom stereocenters. The summed E-state index contributed by atoms with van der Waals surface area (Å²) in [5.74, 6) is 0. The molecule has 0 aliphatic heterocycles. The number of hydrogen-bond acceptors (Lipinski definition) is 1. The minimum absolute atomic E-state index is 1.08. The van der Waals surface area contributed by atoms with Gasteiger partial charge in [-0.1, -0.05) is 182 Å². The maximum atomic E-state index is 2.47. The normalized spacial score (nSPS) is 11.4. The summed E-state index contributed by atoms with van der Waals surface area (Å²) < 4.78 is 2.44. The van der Waals surface area contributed by atoms with Gasteiger partial charge in [0, 0.05) is 33.1 Å². The first kappa shape index (κ1) is 33.6. The molecule has 10 aromatic carbocycles. The van der Waals surface area contributed by atoms with Gasteiger partial charge in [0.2, 0.25) is 0 Å². The van der Waals surface area contributed by atoms with E-state index in [1.807, 2.05) is 0 Å². The molecule has 0 saturated heterocycles. The fraction of sp³-hybridized carbons (Fsp3) is 0. The van der Waals surface area contributed by atoms with Crippen LogP contribution < -0.4 is 4.90 Å². The van der Waals surface area contributed by atoms with Gasteiger partial charge in [-0.25, -0.2) is 0 Å². The van der Waals surface area contributed by atoms with Gasteiger partial charge in [-0.3, -0.25) is 0 Å². The number of fused-ring (bicyclic) bond motifs is 5. The van der Waals surface area contributed by atoms with Crippen molar-refractivity contribution in [3.8, 4) is 39.1 Å². The van der Waals surface area contributed by atoms with E-state index in [4.69, 9.17) is 0 Å². The van der Waals surface area contributed by atoms with Gasteiger partial charge in [0.05, 0.1) is 22.4 Å². The predicted octanol–water partition coefficient (Wildman–Crippen LogP) is 15.6. The van der Waals surface area contributed by atoms with Crippen LogP contribution in [-0.4, -0.2) is 4.57 Å². The lowest BCUT2D eigenvalue weighted by Crippen LogP contribution is -2.12. The van der Waals surface area contributed by atoms with Crippen molar-refractivity contribution in [1.82, 2.24) is 4.57 Å². The summed E-state index contributed by atoms with van der Waals surface area (Å²) in [5, 5.41) is 7.35. The second-order valence-corrected chi connectivity index (χ2v) is 14.9. The van der Waals surface area contributed by atoms with Crippen LogP contribution in [0.4, 0.5) is 17.1 Å². The molecule has 1 aromatic heterocycles. The maximum Gasteiger partial charge on any atom is 0.0562 e. The highest BCUT2D eigenvalue weighted by Gasteiger charge is 2.23. The SMILES string of the molecule is c1ccc(-c2ccccc2N(c2ccc3c4c(-c5ccc6ccccc6c5)cccc4n(-c4ccccc4)c3c2)c2ccc(-c3ccccc3)c3ccccc23)cc1. The molecule has 1 heterocycles. The van der Waals surface area contributed by atoms with Gasteiger partial charge in [0.15, 0.2) is 0 Å². The Morgan fingerprint density at radius 3 is 1.74 bits per heavy atom. The number of anilines is 3. The summed E-state index contributed by atoms with van der Waals surface area (Å²) in [6.45, 7) is 0. The van der Waals surface area contributed by atoms with Gasteiger partial charge in [-0.15, -0.1) is 0 Å². The first-order chi connectivity index (χ1) is 28.8. The smallest absolute Gasteiger partial charge is 0.0562 e. The Balaban J connectivity index is 1.21. The third kappa shape index (κ3) is 5.66. The van der Waals surface area contributed by atoms with Crippen LogP contribution in [0, 0.1) is 0 Å². The molecule has 0 unspecified atom stereocenters. The lowest BCUT2D eigenvalue weighted by atomic mass is 9.95. The Morgan fingerprint density at radius 1 is 0.310 bits per heavy atom. The lowest BCUT2D eigenvalue weighted by molar-refractivity contribution is 1.18. The van der Waals surface area contributed by atoms with Crippen molar-refractivity contribution in [3.63, 3.8) is 0 Å². The second-order valence-electron chi connectivity index (χ2n) is 14.9. The molecule has 272 valence electrons. The highest BCUT2D eigenvalue weighted by molar-refractivity contribution is 6.17. The quantitative estimate of drug-likeness (QED) is 0.158. The van der Waals surface area contributed by atoms with E-state index in [0.717, 1.165) is 28.3 Å².